The van der Waals surface area contributed by atoms with Gasteiger partial charge in [-0.3, -0.25) is 9.69 Å². The number of para-hydroxylation sites is 1. The highest BCUT2D eigenvalue weighted by Crippen LogP contribution is 2.46. The van der Waals surface area contributed by atoms with E-state index < -0.39 is 10.0 Å². The maximum absolute atomic E-state index is 13.0. The highest BCUT2D eigenvalue weighted by molar-refractivity contribution is 8.19. The molecule has 0 saturated carbocycles. The van der Waals surface area contributed by atoms with E-state index in [1.165, 1.54) is 16.5 Å². The lowest BCUT2D eigenvalue weighted by molar-refractivity contribution is -0.121. The fourth-order valence-corrected chi connectivity index (χ4v) is 6.99. The van der Waals surface area contributed by atoms with E-state index in [-0.39, 0.29) is 27.2 Å². The van der Waals surface area contributed by atoms with Crippen LogP contribution < -0.4 is 4.90 Å². The predicted octanol–water partition coefficient (Wildman–Crippen LogP) is 4.75. The van der Waals surface area contributed by atoms with Gasteiger partial charge in [0.15, 0.2) is 5.17 Å². The second kappa shape index (κ2) is 8.38. The monoisotopic (exact) mass is 485 g/mol. The fraction of sp³-hybridized carbons (Fsp3) is 0.217. The zero-order chi connectivity index (χ0) is 23.1. The Labute approximate surface area is 196 Å². The van der Waals surface area contributed by atoms with Gasteiger partial charge in [-0.05, 0) is 47.0 Å². The van der Waals surface area contributed by atoms with Crippen LogP contribution in [0.3, 0.4) is 0 Å². The van der Waals surface area contributed by atoms with Crippen molar-refractivity contribution in [1.29, 1.82) is 0 Å². The van der Waals surface area contributed by atoms with Crippen molar-refractivity contribution in [2.75, 3.05) is 18.5 Å². The number of rotatable bonds is 5. The van der Waals surface area contributed by atoms with Crippen molar-refractivity contribution in [3.63, 3.8) is 0 Å². The van der Waals surface area contributed by atoms with Gasteiger partial charge in [0.1, 0.15) is 4.21 Å². The quantitative estimate of drug-likeness (QED) is 0.452. The molecule has 0 bridgehead atoms. The molecule has 6 nitrogen and oxygen atoms in total. The molecule has 1 saturated heterocycles. The lowest BCUT2D eigenvalue weighted by Crippen LogP contribution is -2.29. The van der Waals surface area contributed by atoms with E-state index in [4.69, 9.17) is 0 Å². The van der Waals surface area contributed by atoms with Crippen molar-refractivity contribution < 1.29 is 13.2 Å². The number of hydrogen-bond donors (Lipinski definition) is 0. The number of fused-ring (bicyclic) bond motifs is 1. The number of allylic oxidation sites excluding steroid dienone is 3. The van der Waals surface area contributed by atoms with Gasteiger partial charge >= 0.3 is 0 Å². The molecule has 32 heavy (non-hydrogen) atoms. The number of amides is 1. The molecular formula is C23H23N3O3S3. The van der Waals surface area contributed by atoms with Gasteiger partial charge in [-0.15, -0.1) is 22.3 Å². The molecule has 3 heterocycles. The number of sulfonamides is 1. The molecule has 0 N–H and O–H groups in total. The Morgan fingerprint density at radius 1 is 1.16 bits per heavy atom. The van der Waals surface area contributed by atoms with Gasteiger partial charge in [0, 0.05) is 30.4 Å². The van der Waals surface area contributed by atoms with E-state index in [9.17, 15) is 13.2 Å². The molecule has 1 aromatic carbocycles. The van der Waals surface area contributed by atoms with Crippen LogP contribution in [0.4, 0.5) is 5.69 Å². The summed E-state index contributed by atoms with van der Waals surface area (Å²) in [5.74, 6) is -0.289. The molecule has 9 heteroatoms. The second-order valence-corrected chi connectivity index (χ2v) is 11.7. The summed E-state index contributed by atoms with van der Waals surface area (Å²) in [5, 5.41) is 1.81. The molecule has 2 aliphatic rings. The van der Waals surface area contributed by atoms with Crippen LogP contribution in [0, 0.1) is 0 Å². The first-order chi connectivity index (χ1) is 15.2. The number of benzene rings is 1. The smallest absolute Gasteiger partial charge is 0.294 e. The largest absolute Gasteiger partial charge is 0.347 e. The molecule has 4 rings (SSSR count). The number of amidine groups is 1. The van der Waals surface area contributed by atoms with Gasteiger partial charge in [0.2, 0.25) is 0 Å². The Hall–Kier alpha value is -2.62. The Morgan fingerprint density at radius 3 is 2.56 bits per heavy atom. The van der Waals surface area contributed by atoms with Crippen molar-refractivity contribution >= 4 is 49.9 Å². The lowest BCUT2D eigenvalue weighted by Gasteiger charge is -2.23. The van der Waals surface area contributed by atoms with Crippen LogP contribution in [-0.4, -0.2) is 38.0 Å². The van der Waals surface area contributed by atoms with Gasteiger partial charge < -0.3 is 4.90 Å². The minimum Gasteiger partial charge on any atom is -0.347 e. The average Bonchev–Trinajstić information content (AvgIpc) is 3.43. The molecule has 2 aliphatic heterocycles. The molecule has 2 aromatic rings. The summed E-state index contributed by atoms with van der Waals surface area (Å²) in [6.45, 7) is 8.15. The Morgan fingerprint density at radius 2 is 1.91 bits per heavy atom. The van der Waals surface area contributed by atoms with Crippen molar-refractivity contribution in [1.82, 2.24) is 4.90 Å². The van der Waals surface area contributed by atoms with E-state index in [2.05, 4.69) is 41.9 Å². The predicted molar refractivity (Wildman–Crippen MR) is 132 cm³/mol. The molecule has 0 spiro atoms. The van der Waals surface area contributed by atoms with Gasteiger partial charge in [0.05, 0.1) is 4.91 Å². The third-order valence-electron chi connectivity index (χ3n) is 5.48. The van der Waals surface area contributed by atoms with Crippen LogP contribution in [0.1, 0.15) is 19.4 Å². The molecule has 1 amide bonds. The number of anilines is 1. The summed E-state index contributed by atoms with van der Waals surface area (Å²) in [6, 6.07) is 11.4. The van der Waals surface area contributed by atoms with Gasteiger partial charge in [-0.1, -0.05) is 44.2 Å². The van der Waals surface area contributed by atoms with Crippen LogP contribution in [-0.2, 0) is 20.2 Å². The van der Waals surface area contributed by atoms with E-state index in [0.717, 1.165) is 34.5 Å². The van der Waals surface area contributed by atoms with Crippen molar-refractivity contribution in [2.45, 2.75) is 23.5 Å². The summed E-state index contributed by atoms with van der Waals surface area (Å²) in [5.41, 5.74) is 3.17. The minimum absolute atomic E-state index is 0.135. The molecule has 166 valence electrons. The summed E-state index contributed by atoms with van der Waals surface area (Å²) in [7, 11) is -1.88. The number of likely N-dealkylation sites (N-methyl/N-ethyl adjacent to an activating group) is 1. The molecule has 0 unspecified atom stereocenters. The maximum atomic E-state index is 13.0. The van der Waals surface area contributed by atoms with Crippen molar-refractivity contribution in [3.05, 3.63) is 82.8 Å². The van der Waals surface area contributed by atoms with Gasteiger partial charge in [-0.25, -0.2) is 0 Å². The highest BCUT2D eigenvalue weighted by Gasteiger charge is 2.38. The van der Waals surface area contributed by atoms with Crippen molar-refractivity contribution in [3.8, 4) is 0 Å². The molecule has 0 aliphatic carbocycles. The Balaban J connectivity index is 1.70. The number of carbonyl (C=O) groups excluding carboxylic acids is 1. The molecule has 1 fully saturated rings. The van der Waals surface area contributed by atoms with Crippen LogP contribution in [0.15, 0.2) is 85.8 Å². The number of carbonyl (C=O) groups is 1. The van der Waals surface area contributed by atoms with Crippen LogP contribution >= 0.6 is 23.1 Å². The topological polar surface area (TPSA) is 70.1 Å². The fourth-order valence-electron chi connectivity index (χ4n) is 3.89. The number of thiophene rings is 1. The highest BCUT2D eigenvalue weighted by atomic mass is 32.2. The first kappa shape index (κ1) is 22.6. The zero-order valence-electron chi connectivity index (χ0n) is 18.0. The summed E-state index contributed by atoms with van der Waals surface area (Å²) in [4.78, 5) is 16.9. The van der Waals surface area contributed by atoms with Crippen LogP contribution in [0.5, 0.6) is 0 Å². The molecule has 0 atom stereocenters. The summed E-state index contributed by atoms with van der Waals surface area (Å²) >= 11 is 2.15. The number of thioether (sulfide) groups is 1. The van der Waals surface area contributed by atoms with E-state index in [1.54, 1.807) is 23.6 Å². The third-order valence-corrected chi connectivity index (χ3v) is 9.26. The SMILES string of the molecule is C=CCN1C(=O)/C(=C/C=C2/N(C)c3ccccc3C2(C)C)SC1=NS(=O)(=O)c1cccs1. The lowest BCUT2D eigenvalue weighted by atomic mass is 9.84. The van der Waals surface area contributed by atoms with Gasteiger partial charge in [-0.2, -0.15) is 8.42 Å². The van der Waals surface area contributed by atoms with E-state index >= 15 is 0 Å². The zero-order valence-corrected chi connectivity index (χ0v) is 20.4. The number of hydrogen-bond acceptors (Lipinski definition) is 6. The number of nitrogens with zero attached hydrogens (tertiary/aromatic N) is 3. The average molecular weight is 486 g/mol. The Bertz CT molecular complexity index is 1270. The molecule has 1 aromatic heterocycles. The van der Waals surface area contributed by atoms with E-state index in [0.29, 0.717) is 4.91 Å². The normalized spacial score (nSPS) is 21.7. The summed E-state index contributed by atoms with van der Waals surface area (Å²) in [6.07, 6.45) is 5.24. The minimum atomic E-state index is -3.89. The Kier molecular flexibility index (Phi) is 5.91. The van der Waals surface area contributed by atoms with Gasteiger partial charge in [0.25, 0.3) is 15.9 Å². The second-order valence-electron chi connectivity index (χ2n) is 7.87. The first-order valence-corrected chi connectivity index (χ1v) is 13.0. The first-order valence-electron chi connectivity index (χ1n) is 9.91. The third kappa shape index (κ3) is 3.85. The maximum Gasteiger partial charge on any atom is 0.294 e. The standard InChI is InChI=1S/C23H23N3O3S3/c1-5-14-26-21(27)18(31-22(26)24-32(28,29)20-11-8-15-30-20)12-13-19-23(2,3)16-9-6-7-10-17(16)25(19)4/h5-13,15H,1,14H2,2-4H3/b18-12-,19-13+,24-22?. The van der Waals surface area contributed by atoms with Crippen molar-refractivity contribution in [2.24, 2.45) is 4.40 Å². The molecular weight excluding hydrogens is 462 g/mol. The molecule has 0 radical (unpaired) electrons. The summed E-state index contributed by atoms with van der Waals surface area (Å²) < 4.78 is 29.4. The van der Waals surface area contributed by atoms with Crippen LogP contribution in [0.2, 0.25) is 0 Å². The van der Waals surface area contributed by atoms with E-state index in [1.807, 2.05) is 25.3 Å². The van der Waals surface area contributed by atoms with Crippen LogP contribution in [0.25, 0.3) is 0 Å².